The van der Waals surface area contributed by atoms with Gasteiger partial charge in [0.1, 0.15) is 11.6 Å². The molecule has 0 radical (unpaired) electrons. The second-order valence-corrected chi connectivity index (χ2v) is 3.21. The van der Waals surface area contributed by atoms with Crippen LogP contribution in [0.25, 0.3) is 0 Å². The van der Waals surface area contributed by atoms with Gasteiger partial charge in [-0.1, -0.05) is 11.6 Å². The van der Waals surface area contributed by atoms with E-state index in [9.17, 15) is 8.78 Å². The van der Waals surface area contributed by atoms with Crippen molar-refractivity contribution in [1.82, 2.24) is 5.32 Å². The molecule has 0 spiro atoms. The summed E-state index contributed by atoms with van der Waals surface area (Å²) in [6, 6.07) is 1.87. The van der Waals surface area contributed by atoms with Gasteiger partial charge in [0.05, 0.1) is 5.02 Å². The summed E-state index contributed by atoms with van der Waals surface area (Å²) in [4.78, 5) is 0. The summed E-state index contributed by atoms with van der Waals surface area (Å²) >= 11 is 5.40. The molecule has 0 bridgehead atoms. The largest absolute Gasteiger partial charge is 0.313 e. The van der Waals surface area contributed by atoms with Crippen LogP contribution in [-0.2, 0) is 0 Å². The maximum Gasteiger partial charge on any atom is 0.142 e. The minimum atomic E-state index is -0.597. The number of nitrogens with one attached hydrogen (secondary N) is 1. The second kappa shape index (κ2) is 4.03. The molecule has 0 aromatic heterocycles. The first-order valence-electron chi connectivity index (χ1n) is 3.88. The molecule has 1 aromatic rings. The number of rotatable bonds is 2. The summed E-state index contributed by atoms with van der Waals surface area (Å²) in [6.45, 7) is 1.74. The number of halogens is 3. The monoisotopic (exact) mass is 205 g/mol. The van der Waals surface area contributed by atoms with E-state index in [1.807, 2.05) is 0 Å². The van der Waals surface area contributed by atoms with Gasteiger partial charge in [-0.15, -0.1) is 0 Å². The van der Waals surface area contributed by atoms with Crippen molar-refractivity contribution < 1.29 is 8.78 Å². The van der Waals surface area contributed by atoms with E-state index >= 15 is 0 Å². The molecule has 13 heavy (non-hydrogen) atoms. The van der Waals surface area contributed by atoms with Crippen molar-refractivity contribution in [3.05, 3.63) is 34.4 Å². The zero-order chi connectivity index (χ0) is 10.0. The number of hydrogen-bond donors (Lipinski definition) is 1. The molecule has 0 aliphatic rings. The molecule has 1 aromatic carbocycles. The lowest BCUT2D eigenvalue weighted by Crippen LogP contribution is -2.14. The van der Waals surface area contributed by atoms with Crippen LogP contribution in [0.5, 0.6) is 0 Å². The molecule has 0 fully saturated rings. The van der Waals surface area contributed by atoms with Gasteiger partial charge in [0.15, 0.2) is 0 Å². The fourth-order valence-corrected chi connectivity index (χ4v) is 1.18. The molecular formula is C9H10ClF2N. The highest BCUT2D eigenvalue weighted by molar-refractivity contribution is 6.30. The Bertz CT molecular complexity index is 315. The Kier molecular flexibility index (Phi) is 3.22. The van der Waals surface area contributed by atoms with Crippen LogP contribution in [0.15, 0.2) is 12.1 Å². The van der Waals surface area contributed by atoms with Crippen molar-refractivity contribution >= 4 is 11.6 Å². The van der Waals surface area contributed by atoms with E-state index in [1.54, 1.807) is 14.0 Å². The molecule has 4 heteroatoms. The van der Waals surface area contributed by atoms with Gasteiger partial charge in [0.2, 0.25) is 0 Å². The molecule has 1 nitrogen and oxygen atoms in total. The highest BCUT2D eigenvalue weighted by Crippen LogP contribution is 2.23. The third-order valence-corrected chi connectivity index (χ3v) is 2.23. The molecule has 0 aliphatic heterocycles. The van der Waals surface area contributed by atoms with Crippen LogP contribution in [0.2, 0.25) is 5.02 Å². The lowest BCUT2D eigenvalue weighted by molar-refractivity contribution is 0.546. The fraction of sp³-hybridized carbons (Fsp3) is 0.333. The smallest absolute Gasteiger partial charge is 0.142 e. The van der Waals surface area contributed by atoms with E-state index in [4.69, 9.17) is 11.6 Å². The number of hydrogen-bond acceptors (Lipinski definition) is 1. The predicted octanol–water partition coefficient (Wildman–Crippen LogP) is 2.90. The SMILES string of the molecule is CNC(C)c1cc(F)c(Cl)cc1F. The first kappa shape index (κ1) is 10.4. The van der Waals surface area contributed by atoms with E-state index in [0.717, 1.165) is 12.1 Å². The Balaban J connectivity index is 3.15. The second-order valence-electron chi connectivity index (χ2n) is 2.80. The van der Waals surface area contributed by atoms with Crippen LogP contribution in [0.3, 0.4) is 0 Å². The summed E-state index contributed by atoms with van der Waals surface area (Å²) in [5.74, 6) is -1.09. The van der Waals surface area contributed by atoms with Gasteiger partial charge in [-0.05, 0) is 26.1 Å². The van der Waals surface area contributed by atoms with Crippen molar-refractivity contribution in [2.45, 2.75) is 13.0 Å². The van der Waals surface area contributed by atoms with Gasteiger partial charge in [-0.25, -0.2) is 8.78 Å². The van der Waals surface area contributed by atoms with Crippen molar-refractivity contribution in [2.24, 2.45) is 0 Å². The summed E-state index contributed by atoms with van der Waals surface area (Å²) in [5.41, 5.74) is 0.282. The molecule has 1 unspecified atom stereocenters. The predicted molar refractivity (Wildman–Crippen MR) is 48.8 cm³/mol. The maximum absolute atomic E-state index is 13.2. The van der Waals surface area contributed by atoms with Gasteiger partial charge in [-0.3, -0.25) is 0 Å². The van der Waals surface area contributed by atoms with E-state index in [-0.39, 0.29) is 16.6 Å². The Hall–Kier alpha value is -0.670. The average molecular weight is 206 g/mol. The Labute approximate surface area is 80.7 Å². The molecule has 1 atom stereocenters. The van der Waals surface area contributed by atoms with Crippen LogP contribution in [0.4, 0.5) is 8.78 Å². The molecule has 1 rings (SSSR count). The van der Waals surface area contributed by atoms with E-state index in [0.29, 0.717) is 0 Å². The van der Waals surface area contributed by atoms with Crippen molar-refractivity contribution in [3.8, 4) is 0 Å². The topological polar surface area (TPSA) is 12.0 Å². The molecule has 0 aliphatic carbocycles. The van der Waals surface area contributed by atoms with Crippen molar-refractivity contribution in [3.63, 3.8) is 0 Å². The van der Waals surface area contributed by atoms with Gasteiger partial charge in [0, 0.05) is 11.6 Å². The van der Waals surface area contributed by atoms with Gasteiger partial charge >= 0.3 is 0 Å². The van der Waals surface area contributed by atoms with Crippen LogP contribution in [0.1, 0.15) is 18.5 Å². The van der Waals surface area contributed by atoms with E-state index < -0.39 is 11.6 Å². The fourth-order valence-electron chi connectivity index (χ4n) is 1.03. The van der Waals surface area contributed by atoms with Gasteiger partial charge < -0.3 is 5.32 Å². The molecule has 0 saturated carbocycles. The number of benzene rings is 1. The molecule has 0 saturated heterocycles. The maximum atomic E-state index is 13.2. The summed E-state index contributed by atoms with van der Waals surface area (Å²) in [5, 5.41) is 2.63. The van der Waals surface area contributed by atoms with Crippen LogP contribution >= 0.6 is 11.6 Å². The summed E-state index contributed by atoms with van der Waals surface area (Å²) in [6.07, 6.45) is 0. The Morgan fingerprint density at radius 3 is 2.46 bits per heavy atom. The lowest BCUT2D eigenvalue weighted by atomic mass is 10.1. The van der Waals surface area contributed by atoms with Crippen molar-refractivity contribution in [2.75, 3.05) is 7.05 Å². The first-order valence-corrected chi connectivity index (χ1v) is 4.25. The highest BCUT2D eigenvalue weighted by Gasteiger charge is 2.12. The Morgan fingerprint density at radius 1 is 1.31 bits per heavy atom. The first-order chi connectivity index (χ1) is 6.06. The third kappa shape index (κ3) is 2.17. The lowest BCUT2D eigenvalue weighted by Gasteiger charge is -2.11. The molecular weight excluding hydrogens is 196 g/mol. The van der Waals surface area contributed by atoms with Crippen LogP contribution in [0, 0.1) is 11.6 Å². The van der Waals surface area contributed by atoms with Gasteiger partial charge in [0.25, 0.3) is 0 Å². The molecule has 0 heterocycles. The summed E-state index contributed by atoms with van der Waals surface area (Å²) in [7, 11) is 1.68. The van der Waals surface area contributed by atoms with E-state index in [1.165, 1.54) is 0 Å². The molecule has 1 N–H and O–H groups in total. The quantitative estimate of drug-likeness (QED) is 0.733. The Morgan fingerprint density at radius 2 is 1.92 bits per heavy atom. The highest BCUT2D eigenvalue weighted by atomic mass is 35.5. The minimum Gasteiger partial charge on any atom is -0.313 e. The minimum absolute atomic E-state index is 0.190. The van der Waals surface area contributed by atoms with Gasteiger partial charge in [-0.2, -0.15) is 0 Å². The molecule has 72 valence electrons. The standard InChI is InChI=1S/C9H10ClF2N/c1-5(13-2)6-3-9(12)7(10)4-8(6)11/h3-5,13H,1-2H3. The van der Waals surface area contributed by atoms with Crippen molar-refractivity contribution in [1.29, 1.82) is 0 Å². The zero-order valence-corrected chi connectivity index (χ0v) is 8.12. The third-order valence-electron chi connectivity index (χ3n) is 1.94. The van der Waals surface area contributed by atoms with E-state index in [2.05, 4.69) is 5.32 Å². The normalized spacial score (nSPS) is 13.0. The van der Waals surface area contributed by atoms with Crippen LogP contribution in [-0.4, -0.2) is 7.05 Å². The van der Waals surface area contributed by atoms with Crippen LogP contribution < -0.4 is 5.32 Å². The molecule has 0 amide bonds. The summed E-state index contributed by atoms with van der Waals surface area (Å²) < 4.78 is 26.1. The zero-order valence-electron chi connectivity index (χ0n) is 7.37. The average Bonchev–Trinajstić information content (AvgIpc) is 2.10.